The third kappa shape index (κ3) is 4.11. The normalized spacial score (nSPS) is 10.9. The number of hydrogen-bond donors (Lipinski definition) is 1. The molecule has 0 aliphatic rings. The predicted molar refractivity (Wildman–Crippen MR) is 103 cm³/mol. The molecular weight excluding hydrogens is 360 g/mol. The minimum atomic E-state index is -0.460. The number of ether oxygens (including phenoxy) is 1. The maximum atomic E-state index is 12.6. The molecule has 1 amide bonds. The lowest BCUT2D eigenvalue weighted by atomic mass is 10.1. The molecule has 1 aromatic carbocycles. The van der Waals surface area contributed by atoms with E-state index in [4.69, 9.17) is 9.26 Å². The van der Waals surface area contributed by atoms with E-state index < -0.39 is 11.5 Å². The van der Waals surface area contributed by atoms with Gasteiger partial charge < -0.3 is 19.1 Å². The zero-order valence-corrected chi connectivity index (χ0v) is 16.2. The highest BCUT2D eigenvalue weighted by molar-refractivity contribution is 5.93. The van der Waals surface area contributed by atoms with E-state index in [0.717, 1.165) is 11.3 Å². The number of carbonyl (C=O) groups excluding carboxylic acids is 1. The summed E-state index contributed by atoms with van der Waals surface area (Å²) in [5, 5.41) is 3.87. The van der Waals surface area contributed by atoms with E-state index in [1.165, 1.54) is 11.0 Å². The molecule has 0 atom stereocenters. The van der Waals surface area contributed by atoms with Crippen molar-refractivity contribution in [3.63, 3.8) is 0 Å². The molecule has 0 unspecified atom stereocenters. The second-order valence-corrected chi connectivity index (χ2v) is 6.71. The van der Waals surface area contributed by atoms with Gasteiger partial charge in [-0.05, 0) is 42.0 Å². The van der Waals surface area contributed by atoms with Crippen LogP contribution in [0.4, 0.5) is 0 Å². The van der Waals surface area contributed by atoms with Gasteiger partial charge in [0.1, 0.15) is 11.3 Å². The summed E-state index contributed by atoms with van der Waals surface area (Å²) in [7, 11) is 3.17. The van der Waals surface area contributed by atoms with Crippen LogP contribution in [0, 0.1) is 0 Å². The predicted octanol–water partition coefficient (Wildman–Crippen LogP) is 2.83. The van der Waals surface area contributed by atoms with Gasteiger partial charge in [-0.1, -0.05) is 19.0 Å². The van der Waals surface area contributed by atoms with Gasteiger partial charge in [0.05, 0.1) is 13.7 Å². The van der Waals surface area contributed by atoms with Crippen LogP contribution in [-0.2, 0) is 6.54 Å². The molecule has 3 rings (SSSR count). The number of carbonyl (C=O) groups is 1. The van der Waals surface area contributed by atoms with E-state index in [1.807, 2.05) is 26.0 Å². The van der Waals surface area contributed by atoms with Gasteiger partial charge in [-0.3, -0.25) is 9.59 Å². The number of rotatable bonds is 6. The Kier molecular flexibility index (Phi) is 5.58. The number of benzene rings is 1. The third-order valence-corrected chi connectivity index (χ3v) is 4.26. The van der Waals surface area contributed by atoms with Gasteiger partial charge in [-0.15, -0.1) is 0 Å². The Morgan fingerprint density at radius 2 is 1.93 bits per heavy atom. The number of hydrogen-bond acceptors (Lipinski definition) is 6. The summed E-state index contributed by atoms with van der Waals surface area (Å²) in [5.41, 5.74) is 1.02. The Balaban J connectivity index is 1.76. The quantitative estimate of drug-likeness (QED) is 0.703. The highest BCUT2D eigenvalue weighted by atomic mass is 16.5. The molecule has 28 heavy (non-hydrogen) atoms. The Morgan fingerprint density at radius 3 is 2.50 bits per heavy atom. The molecule has 0 aliphatic carbocycles. The molecule has 0 saturated heterocycles. The van der Waals surface area contributed by atoms with E-state index >= 15 is 0 Å². The molecule has 0 spiro atoms. The number of amides is 1. The molecule has 8 heteroatoms. The summed E-state index contributed by atoms with van der Waals surface area (Å²) in [6.45, 7) is 4.03. The first kappa shape index (κ1) is 19.3. The van der Waals surface area contributed by atoms with Gasteiger partial charge in [0.2, 0.25) is 5.89 Å². The van der Waals surface area contributed by atoms with Gasteiger partial charge in [0, 0.05) is 18.7 Å². The average molecular weight is 382 g/mol. The molecular formula is C20H22N4O4. The molecule has 0 aliphatic heterocycles. The van der Waals surface area contributed by atoms with Crippen LogP contribution in [0.2, 0.25) is 0 Å². The van der Waals surface area contributed by atoms with Crippen molar-refractivity contribution in [3.8, 4) is 17.0 Å². The van der Waals surface area contributed by atoms with Gasteiger partial charge in [-0.25, -0.2) is 0 Å². The highest BCUT2D eigenvalue weighted by Gasteiger charge is 2.19. The van der Waals surface area contributed by atoms with Gasteiger partial charge >= 0.3 is 0 Å². The Morgan fingerprint density at radius 1 is 1.21 bits per heavy atom. The van der Waals surface area contributed by atoms with Crippen molar-refractivity contribution in [2.75, 3.05) is 14.2 Å². The van der Waals surface area contributed by atoms with Crippen molar-refractivity contribution in [1.29, 1.82) is 0 Å². The fraction of sp³-hybridized carbons (Fsp3) is 0.300. The molecule has 8 nitrogen and oxygen atoms in total. The van der Waals surface area contributed by atoms with Crippen molar-refractivity contribution < 1.29 is 14.1 Å². The zero-order valence-electron chi connectivity index (χ0n) is 16.2. The summed E-state index contributed by atoms with van der Waals surface area (Å²) in [5.74, 6) is 1.34. The molecule has 0 fully saturated rings. The average Bonchev–Trinajstić information content (AvgIpc) is 3.16. The second kappa shape index (κ2) is 8.08. The Hall–Kier alpha value is -3.42. The van der Waals surface area contributed by atoms with Crippen LogP contribution in [-0.4, -0.2) is 40.1 Å². The van der Waals surface area contributed by atoms with Crippen LogP contribution in [0.5, 0.6) is 5.75 Å². The maximum Gasteiger partial charge on any atom is 0.261 e. The van der Waals surface area contributed by atoms with Crippen molar-refractivity contribution in [3.05, 3.63) is 64.0 Å². The topological polar surface area (TPSA) is 101 Å². The SMILES string of the molecule is COc1ccc(-c2ccc(C(=O)N(C)Cc3nc(C(C)C)no3)c(=O)[nH]2)cc1. The maximum absolute atomic E-state index is 12.6. The zero-order chi connectivity index (χ0) is 20.3. The molecule has 3 aromatic rings. The fourth-order valence-corrected chi connectivity index (χ4v) is 2.63. The monoisotopic (exact) mass is 382 g/mol. The number of nitrogens with one attached hydrogen (secondary N) is 1. The first-order valence-electron chi connectivity index (χ1n) is 8.84. The summed E-state index contributed by atoms with van der Waals surface area (Å²) >= 11 is 0. The van der Waals surface area contributed by atoms with E-state index in [9.17, 15) is 9.59 Å². The summed E-state index contributed by atoms with van der Waals surface area (Å²) in [4.78, 5) is 33.5. The number of nitrogens with zero attached hydrogens (tertiary/aromatic N) is 3. The van der Waals surface area contributed by atoms with Crippen LogP contribution in [0.15, 0.2) is 45.7 Å². The van der Waals surface area contributed by atoms with Crippen molar-refractivity contribution in [2.45, 2.75) is 26.3 Å². The Labute approximate surface area is 162 Å². The number of pyridine rings is 1. The first-order valence-corrected chi connectivity index (χ1v) is 8.84. The third-order valence-electron chi connectivity index (χ3n) is 4.26. The number of aromatic amines is 1. The number of H-pyrrole nitrogens is 1. The second-order valence-electron chi connectivity index (χ2n) is 6.71. The van der Waals surface area contributed by atoms with Crippen LogP contribution in [0.25, 0.3) is 11.3 Å². The van der Waals surface area contributed by atoms with Gasteiger partial charge in [0.15, 0.2) is 5.82 Å². The molecule has 2 aromatic heterocycles. The lowest BCUT2D eigenvalue weighted by Gasteiger charge is -2.14. The minimum absolute atomic E-state index is 0.0448. The van der Waals surface area contributed by atoms with Crippen LogP contribution in [0.1, 0.15) is 41.8 Å². The van der Waals surface area contributed by atoms with Crippen LogP contribution >= 0.6 is 0 Å². The first-order chi connectivity index (χ1) is 13.4. The summed E-state index contributed by atoms with van der Waals surface area (Å²) in [6.07, 6.45) is 0. The van der Waals surface area contributed by atoms with E-state index in [2.05, 4.69) is 15.1 Å². The van der Waals surface area contributed by atoms with E-state index in [-0.39, 0.29) is 18.0 Å². The highest BCUT2D eigenvalue weighted by Crippen LogP contribution is 2.20. The lowest BCUT2D eigenvalue weighted by molar-refractivity contribution is 0.0768. The van der Waals surface area contributed by atoms with Gasteiger partial charge in [0.25, 0.3) is 11.5 Å². The smallest absolute Gasteiger partial charge is 0.261 e. The van der Waals surface area contributed by atoms with Crippen molar-refractivity contribution in [2.24, 2.45) is 0 Å². The molecule has 0 radical (unpaired) electrons. The fourth-order valence-electron chi connectivity index (χ4n) is 2.63. The van der Waals surface area contributed by atoms with E-state index in [1.54, 1.807) is 32.4 Å². The number of aromatic nitrogens is 3. The molecule has 0 saturated carbocycles. The standard InChI is InChI=1S/C20H22N4O4/c1-12(2)18-22-17(28-23-18)11-24(3)20(26)15-9-10-16(21-19(15)25)13-5-7-14(27-4)8-6-13/h5-10,12H,11H2,1-4H3,(H,21,25). The lowest BCUT2D eigenvalue weighted by Crippen LogP contribution is -2.31. The van der Waals surface area contributed by atoms with Crippen molar-refractivity contribution >= 4 is 5.91 Å². The Bertz CT molecular complexity index is 1020. The van der Waals surface area contributed by atoms with Crippen LogP contribution < -0.4 is 10.3 Å². The molecule has 146 valence electrons. The molecule has 1 N–H and O–H groups in total. The number of methoxy groups -OCH3 is 1. The van der Waals surface area contributed by atoms with E-state index in [0.29, 0.717) is 17.4 Å². The minimum Gasteiger partial charge on any atom is -0.497 e. The summed E-state index contributed by atoms with van der Waals surface area (Å²) < 4.78 is 10.3. The molecule has 0 bridgehead atoms. The van der Waals surface area contributed by atoms with Crippen molar-refractivity contribution in [1.82, 2.24) is 20.0 Å². The van der Waals surface area contributed by atoms with Crippen LogP contribution in [0.3, 0.4) is 0 Å². The molecule has 2 heterocycles. The largest absolute Gasteiger partial charge is 0.497 e. The summed E-state index contributed by atoms with van der Waals surface area (Å²) in [6, 6.07) is 10.5. The van der Waals surface area contributed by atoms with Gasteiger partial charge in [-0.2, -0.15) is 4.98 Å².